The van der Waals surface area contributed by atoms with Crippen molar-refractivity contribution in [3.63, 3.8) is 0 Å². The normalized spacial score (nSPS) is 22.7. The van der Waals surface area contributed by atoms with E-state index < -0.39 is 0 Å². The van der Waals surface area contributed by atoms with Gasteiger partial charge in [0.15, 0.2) is 0 Å². The fourth-order valence-electron chi connectivity index (χ4n) is 2.82. The van der Waals surface area contributed by atoms with Crippen molar-refractivity contribution in [2.24, 2.45) is 5.73 Å². The Morgan fingerprint density at radius 3 is 2.56 bits per heavy atom. The summed E-state index contributed by atoms with van der Waals surface area (Å²) in [6.07, 6.45) is 2.80. The molecule has 1 fully saturated rings. The van der Waals surface area contributed by atoms with Gasteiger partial charge in [-0.05, 0) is 30.4 Å². The summed E-state index contributed by atoms with van der Waals surface area (Å²) in [7, 11) is 0. The highest BCUT2D eigenvalue weighted by Crippen LogP contribution is 2.36. The van der Waals surface area contributed by atoms with Gasteiger partial charge >= 0.3 is 0 Å². The van der Waals surface area contributed by atoms with Gasteiger partial charge in [0.25, 0.3) is 0 Å². The van der Waals surface area contributed by atoms with Gasteiger partial charge in [-0.15, -0.1) is 12.4 Å². The van der Waals surface area contributed by atoms with Crippen LogP contribution in [0.1, 0.15) is 29.9 Å². The van der Waals surface area contributed by atoms with E-state index >= 15 is 0 Å². The number of carbonyl (C=O) groups excluding carboxylic acids is 1. The van der Waals surface area contributed by atoms with Crippen LogP contribution in [0.5, 0.6) is 0 Å². The molecule has 0 saturated carbocycles. The minimum absolute atomic E-state index is 0. The third-order valence-electron chi connectivity index (χ3n) is 4.00. The number of benzene rings is 1. The number of halogens is 1. The second kappa shape index (κ2) is 5.29. The number of hydrogen-bond acceptors (Lipinski definition) is 2. The zero-order valence-electron chi connectivity index (χ0n) is 10.3. The van der Waals surface area contributed by atoms with E-state index in [9.17, 15) is 4.79 Å². The maximum atomic E-state index is 12.3. The lowest BCUT2D eigenvalue weighted by Gasteiger charge is -2.37. The van der Waals surface area contributed by atoms with Gasteiger partial charge in [-0.3, -0.25) is 4.79 Å². The van der Waals surface area contributed by atoms with Crippen LogP contribution in [0.25, 0.3) is 0 Å². The lowest BCUT2D eigenvalue weighted by molar-refractivity contribution is -0.134. The molecule has 1 aromatic carbocycles. The van der Waals surface area contributed by atoms with Gasteiger partial charge in [-0.1, -0.05) is 24.3 Å². The Kier molecular flexibility index (Phi) is 3.93. The Morgan fingerprint density at radius 1 is 1.22 bits per heavy atom. The minimum atomic E-state index is 0. The smallest absolute Gasteiger partial charge is 0.230 e. The van der Waals surface area contributed by atoms with Gasteiger partial charge in [0, 0.05) is 19.1 Å². The van der Waals surface area contributed by atoms with E-state index in [4.69, 9.17) is 5.73 Å². The number of hydrogen-bond donors (Lipinski definition) is 1. The van der Waals surface area contributed by atoms with Gasteiger partial charge in [0.05, 0.1) is 5.92 Å². The molecule has 0 radical (unpaired) electrons. The summed E-state index contributed by atoms with van der Waals surface area (Å²) in [4.78, 5) is 14.3. The third-order valence-corrected chi connectivity index (χ3v) is 4.00. The Bertz CT molecular complexity index is 441. The fourth-order valence-corrected chi connectivity index (χ4v) is 2.82. The van der Waals surface area contributed by atoms with E-state index in [2.05, 4.69) is 12.1 Å². The lowest BCUT2D eigenvalue weighted by atomic mass is 9.76. The number of likely N-dealkylation sites (tertiary alicyclic amines) is 1. The first-order chi connectivity index (χ1) is 8.25. The Labute approximate surface area is 114 Å². The zero-order valence-corrected chi connectivity index (χ0v) is 11.2. The third kappa shape index (κ3) is 2.25. The van der Waals surface area contributed by atoms with E-state index in [1.165, 1.54) is 11.1 Å². The molecule has 1 saturated heterocycles. The first-order valence-corrected chi connectivity index (χ1v) is 6.38. The number of fused-ring (bicyclic) bond motifs is 1. The lowest BCUT2D eigenvalue weighted by Crippen LogP contribution is -2.46. The molecule has 0 bridgehead atoms. The Hall–Kier alpha value is -1.06. The second-order valence-corrected chi connectivity index (χ2v) is 5.12. The SMILES string of the molecule is Cl.NC1CCN(C(=O)C2Cc3ccccc32)CC1. The molecule has 2 N–H and O–H groups in total. The number of nitrogens with zero attached hydrogens (tertiary/aromatic N) is 1. The standard InChI is InChI=1S/C14H18N2O.ClH/c15-11-5-7-16(8-6-11)14(17)13-9-10-3-1-2-4-12(10)13;/h1-4,11,13H,5-9,15H2;1H. The molecule has 2 aliphatic rings. The topological polar surface area (TPSA) is 46.3 Å². The van der Waals surface area contributed by atoms with Crippen molar-refractivity contribution in [3.8, 4) is 0 Å². The average Bonchev–Trinajstić information content (AvgIpc) is 2.31. The molecule has 18 heavy (non-hydrogen) atoms. The van der Waals surface area contributed by atoms with Crippen LogP contribution in [0.2, 0.25) is 0 Å². The number of rotatable bonds is 1. The zero-order chi connectivity index (χ0) is 11.8. The van der Waals surface area contributed by atoms with Crippen LogP contribution in [0.3, 0.4) is 0 Å². The quantitative estimate of drug-likeness (QED) is 0.841. The highest BCUT2D eigenvalue weighted by Gasteiger charge is 2.35. The molecule has 4 heteroatoms. The molecule has 1 amide bonds. The van der Waals surface area contributed by atoms with Crippen LogP contribution in [0.4, 0.5) is 0 Å². The van der Waals surface area contributed by atoms with Gasteiger partial charge in [0.2, 0.25) is 5.91 Å². The van der Waals surface area contributed by atoms with Gasteiger partial charge in [0.1, 0.15) is 0 Å². The van der Waals surface area contributed by atoms with Crippen LogP contribution in [0, 0.1) is 0 Å². The number of carbonyl (C=O) groups is 1. The number of amides is 1. The van der Waals surface area contributed by atoms with Crippen LogP contribution in [-0.2, 0) is 11.2 Å². The molecule has 1 aliphatic carbocycles. The number of piperidine rings is 1. The van der Waals surface area contributed by atoms with E-state index in [0.29, 0.717) is 5.91 Å². The van der Waals surface area contributed by atoms with Gasteiger partial charge in [-0.2, -0.15) is 0 Å². The predicted octanol–water partition coefficient (Wildman–Crippen LogP) is 1.70. The summed E-state index contributed by atoms with van der Waals surface area (Å²) in [6.45, 7) is 1.66. The summed E-state index contributed by atoms with van der Waals surface area (Å²) in [6, 6.07) is 8.54. The molecule has 1 heterocycles. The molecule has 0 aromatic heterocycles. The van der Waals surface area contributed by atoms with Gasteiger partial charge < -0.3 is 10.6 Å². The molecular weight excluding hydrogens is 248 g/mol. The van der Waals surface area contributed by atoms with Crippen LogP contribution < -0.4 is 5.73 Å². The molecular formula is C14H19ClN2O. The van der Waals surface area contributed by atoms with Crippen molar-refractivity contribution in [2.75, 3.05) is 13.1 Å². The Morgan fingerprint density at radius 2 is 1.89 bits per heavy atom. The summed E-state index contributed by atoms with van der Waals surface area (Å²) in [5, 5.41) is 0. The molecule has 0 spiro atoms. The molecule has 98 valence electrons. The van der Waals surface area contributed by atoms with E-state index in [-0.39, 0.29) is 24.4 Å². The molecule has 1 aliphatic heterocycles. The maximum Gasteiger partial charge on any atom is 0.230 e. The first-order valence-electron chi connectivity index (χ1n) is 6.38. The van der Waals surface area contributed by atoms with E-state index in [1.807, 2.05) is 17.0 Å². The predicted molar refractivity (Wildman–Crippen MR) is 73.9 cm³/mol. The molecule has 3 nitrogen and oxygen atoms in total. The largest absolute Gasteiger partial charge is 0.342 e. The highest BCUT2D eigenvalue weighted by atomic mass is 35.5. The van der Waals surface area contributed by atoms with Crippen LogP contribution in [0.15, 0.2) is 24.3 Å². The van der Waals surface area contributed by atoms with Crippen molar-refractivity contribution in [3.05, 3.63) is 35.4 Å². The fraction of sp³-hybridized carbons (Fsp3) is 0.500. The van der Waals surface area contributed by atoms with Crippen LogP contribution in [-0.4, -0.2) is 29.9 Å². The molecule has 1 unspecified atom stereocenters. The van der Waals surface area contributed by atoms with E-state index in [1.54, 1.807) is 0 Å². The van der Waals surface area contributed by atoms with Gasteiger partial charge in [-0.25, -0.2) is 0 Å². The summed E-state index contributed by atoms with van der Waals surface area (Å²) in [5.74, 6) is 0.413. The Balaban J connectivity index is 0.00000120. The van der Waals surface area contributed by atoms with Crippen LogP contribution >= 0.6 is 12.4 Å². The monoisotopic (exact) mass is 266 g/mol. The van der Waals surface area contributed by atoms with E-state index in [0.717, 1.165) is 32.4 Å². The van der Waals surface area contributed by atoms with Crippen molar-refractivity contribution in [2.45, 2.75) is 31.2 Å². The number of nitrogens with two attached hydrogens (primary N) is 1. The maximum absolute atomic E-state index is 12.3. The van der Waals surface area contributed by atoms with Crippen molar-refractivity contribution >= 4 is 18.3 Å². The molecule has 1 aromatic rings. The summed E-state index contributed by atoms with van der Waals surface area (Å²) in [5.41, 5.74) is 8.42. The first kappa shape index (κ1) is 13.4. The average molecular weight is 267 g/mol. The van der Waals surface area contributed by atoms with Crippen molar-refractivity contribution < 1.29 is 4.79 Å². The second-order valence-electron chi connectivity index (χ2n) is 5.12. The highest BCUT2D eigenvalue weighted by molar-refractivity contribution is 5.87. The summed E-state index contributed by atoms with van der Waals surface area (Å²) < 4.78 is 0. The van der Waals surface area contributed by atoms with Crippen molar-refractivity contribution in [1.82, 2.24) is 4.90 Å². The summed E-state index contributed by atoms with van der Waals surface area (Å²) >= 11 is 0. The molecule has 3 rings (SSSR count). The van der Waals surface area contributed by atoms with Crippen molar-refractivity contribution in [1.29, 1.82) is 0 Å². The molecule has 1 atom stereocenters. The minimum Gasteiger partial charge on any atom is -0.342 e.